The van der Waals surface area contributed by atoms with Gasteiger partial charge in [-0.05, 0) is 25.0 Å². The third-order valence-corrected chi connectivity index (χ3v) is 4.14. The fourth-order valence-electron chi connectivity index (χ4n) is 2.37. The molecule has 4 nitrogen and oxygen atoms in total. The van der Waals surface area contributed by atoms with Crippen LogP contribution in [0.3, 0.4) is 0 Å². The van der Waals surface area contributed by atoms with E-state index < -0.39 is 12.1 Å². The van der Waals surface area contributed by atoms with Crippen molar-refractivity contribution in [1.82, 2.24) is 5.32 Å². The Morgan fingerprint density at radius 2 is 1.90 bits per heavy atom. The van der Waals surface area contributed by atoms with Crippen molar-refractivity contribution < 1.29 is 9.59 Å². The van der Waals surface area contributed by atoms with Gasteiger partial charge in [-0.3, -0.25) is 14.5 Å². The van der Waals surface area contributed by atoms with Crippen molar-refractivity contribution in [3.63, 3.8) is 0 Å². The molecule has 1 saturated heterocycles. The van der Waals surface area contributed by atoms with Gasteiger partial charge >= 0.3 is 0 Å². The Bertz CT molecular complexity index is 560. The van der Waals surface area contributed by atoms with Gasteiger partial charge in [0.15, 0.2) is 0 Å². The highest BCUT2D eigenvalue weighted by molar-refractivity contribution is 6.44. The Balaban J connectivity index is 2.55. The second-order valence-corrected chi connectivity index (χ2v) is 5.99. The average molecular weight is 315 g/mol. The van der Waals surface area contributed by atoms with Crippen LogP contribution >= 0.6 is 23.2 Å². The van der Waals surface area contributed by atoms with E-state index in [4.69, 9.17) is 23.2 Å². The van der Waals surface area contributed by atoms with Crippen molar-refractivity contribution in [2.24, 2.45) is 5.92 Å². The Kier molecular flexibility index (Phi) is 4.25. The van der Waals surface area contributed by atoms with Crippen LogP contribution in [0, 0.1) is 5.92 Å². The number of halogens is 2. The maximum atomic E-state index is 12.5. The van der Waals surface area contributed by atoms with E-state index in [1.807, 2.05) is 13.8 Å². The molecule has 1 aliphatic heterocycles. The average Bonchev–Trinajstić information content (AvgIpc) is 2.36. The number of benzene rings is 1. The van der Waals surface area contributed by atoms with Gasteiger partial charge in [0, 0.05) is 0 Å². The summed E-state index contributed by atoms with van der Waals surface area (Å²) >= 11 is 12.2. The molecular weight excluding hydrogens is 299 g/mol. The molecule has 1 aromatic rings. The van der Waals surface area contributed by atoms with E-state index in [1.54, 1.807) is 25.1 Å². The van der Waals surface area contributed by atoms with Crippen LogP contribution in [-0.2, 0) is 9.59 Å². The molecule has 2 unspecified atom stereocenters. The van der Waals surface area contributed by atoms with E-state index in [0.29, 0.717) is 10.7 Å². The minimum absolute atomic E-state index is 0.0403. The van der Waals surface area contributed by atoms with E-state index in [-0.39, 0.29) is 22.8 Å². The van der Waals surface area contributed by atoms with Gasteiger partial charge in [-0.1, -0.05) is 43.1 Å². The monoisotopic (exact) mass is 314 g/mol. The maximum absolute atomic E-state index is 12.5. The first-order valence-corrected chi connectivity index (χ1v) is 7.17. The van der Waals surface area contributed by atoms with Gasteiger partial charge in [0.05, 0.1) is 15.7 Å². The first kappa shape index (κ1) is 15.1. The molecule has 0 radical (unpaired) electrons. The number of rotatable bonds is 2. The van der Waals surface area contributed by atoms with Crippen molar-refractivity contribution >= 4 is 40.7 Å². The van der Waals surface area contributed by atoms with Gasteiger partial charge in [-0.15, -0.1) is 0 Å². The second-order valence-electron chi connectivity index (χ2n) is 5.20. The largest absolute Gasteiger partial charge is 0.343 e. The van der Waals surface area contributed by atoms with Crippen molar-refractivity contribution in [1.29, 1.82) is 0 Å². The van der Waals surface area contributed by atoms with Crippen molar-refractivity contribution in [2.45, 2.75) is 32.9 Å². The molecule has 2 amide bonds. The van der Waals surface area contributed by atoms with E-state index >= 15 is 0 Å². The summed E-state index contributed by atoms with van der Waals surface area (Å²) in [5.74, 6) is -0.405. The van der Waals surface area contributed by atoms with Crippen molar-refractivity contribution in [2.75, 3.05) is 4.90 Å². The Morgan fingerprint density at radius 3 is 2.50 bits per heavy atom. The zero-order chi connectivity index (χ0) is 15.0. The lowest BCUT2D eigenvalue weighted by Crippen LogP contribution is -2.64. The molecule has 0 saturated carbocycles. The van der Waals surface area contributed by atoms with Crippen LogP contribution in [0.4, 0.5) is 5.69 Å². The van der Waals surface area contributed by atoms with Crippen LogP contribution in [0.2, 0.25) is 10.0 Å². The molecule has 1 N–H and O–H groups in total. The van der Waals surface area contributed by atoms with Gasteiger partial charge in [-0.25, -0.2) is 0 Å². The number of hydrogen-bond donors (Lipinski definition) is 1. The van der Waals surface area contributed by atoms with E-state index in [0.717, 1.165) is 0 Å². The summed E-state index contributed by atoms with van der Waals surface area (Å²) in [6.07, 6.45) is 0. The highest BCUT2D eigenvalue weighted by atomic mass is 35.5. The number of amides is 2. The summed E-state index contributed by atoms with van der Waals surface area (Å²) in [6, 6.07) is 3.90. The molecule has 2 rings (SSSR count). The second kappa shape index (κ2) is 5.62. The highest BCUT2D eigenvalue weighted by Gasteiger charge is 2.41. The molecular formula is C14H16Cl2N2O2. The zero-order valence-corrected chi connectivity index (χ0v) is 13.0. The number of carbonyl (C=O) groups is 2. The molecule has 0 aliphatic carbocycles. The van der Waals surface area contributed by atoms with E-state index in [2.05, 4.69) is 5.32 Å². The highest BCUT2D eigenvalue weighted by Crippen LogP contribution is 2.35. The van der Waals surface area contributed by atoms with Crippen LogP contribution in [0.1, 0.15) is 20.8 Å². The van der Waals surface area contributed by atoms with Crippen molar-refractivity contribution in [3.8, 4) is 0 Å². The third-order valence-electron chi connectivity index (χ3n) is 3.34. The van der Waals surface area contributed by atoms with Crippen LogP contribution in [0.5, 0.6) is 0 Å². The Labute approximate surface area is 128 Å². The molecule has 1 aliphatic rings. The van der Waals surface area contributed by atoms with Gasteiger partial charge in [0.1, 0.15) is 12.1 Å². The summed E-state index contributed by atoms with van der Waals surface area (Å²) < 4.78 is 0. The number of anilines is 1. The van der Waals surface area contributed by atoms with E-state index in [1.165, 1.54) is 4.90 Å². The summed E-state index contributed by atoms with van der Waals surface area (Å²) in [4.78, 5) is 26.1. The minimum Gasteiger partial charge on any atom is -0.343 e. The smallest absolute Gasteiger partial charge is 0.250 e. The Morgan fingerprint density at radius 1 is 1.25 bits per heavy atom. The first-order chi connectivity index (χ1) is 9.34. The van der Waals surface area contributed by atoms with Gasteiger partial charge in [-0.2, -0.15) is 0 Å². The Hall–Kier alpha value is -1.26. The first-order valence-electron chi connectivity index (χ1n) is 6.42. The standard InChI is InChI=1S/C14H16Cl2N2O2/c1-7(2)12-13(19)17-8(3)14(20)18(12)10-6-4-5-9(15)11(10)16/h4-8,12H,1-3H3,(H,17,19). The molecule has 0 bridgehead atoms. The predicted octanol–water partition coefficient (Wildman–Crippen LogP) is 2.87. The van der Waals surface area contributed by atoms with Crippen LogP contribution in [-0.4, -0.2) is 23.9 Å². The number of piperazine rings is 1. The summed E-state index contributed by atoms with van der Waals surface area (Å²) in [7, 11) is 0. The van der Waals surface area contributed by atoms with Gasteiger partial charge < -0.3 is 5.32 Å². The molecule has 6 heteroatoms. The van der Waals surface area contributed by atoms with E-state index in [9.17, 15) is 9.59 Å². The molecule has 20 heavy (non-hydrogen) atoms. The number of hydrogen-bond acceptors (Lipinski definition) is 2. The molecule has 108 valence electrons. The fraction of sp³-hybridized carbons (Fsp3) is 0.429. The lowest BCUT2D eigenvalue weighted by atomic mass is 9.96. The molecule has 2 atom stereocenters. The van der Waals surface area contributed by atoms with Crippen LogP contribution in [0.25, 0.3) is 0 Å². The fourth-order valence-corrected chi connectivity index (χ4v) is 2.76. The molecule has 1 aromatic carbocycles. The molecule has 0 aromatic heterocycles. The van der Waals surface area contributed by atoms with Crippen molar-refractivity contribution in [3.05, 3.63) is 28.2 Å². The van der Waals surface area contributed by atoms with Gasteiger partial charge in [0.25, 0.3) is 0 Å². The zero-order valence-electron chi connectivity index (χ0n) is 11.5. The SMILES string of the molecule is CC1NC(=O)C(C(C)C)N(c2cccc(Cl)c2Cl)C1=O. The summed E-state index contributed by atoms with van der Waals surface area (Å²) in [6.45, 7) is 5.43. The normalized spacial score (nSPS) is 23.2. The van der Waals surface area contributed by atoms with Gasteiger partial charge in [0.2, 0.25) is 11.8 Å². The lowest BCUT2D eigenvalue weighted by molar-refractivity contribution is -0.134. The topological polar surface area (TPSA) is 49.4 Å². The quantitative estimate of drug-likeness (QED) is 0.912. The number of carbonyl (C=O) groups excluding carboxylic acids is 2. The van der Waals surface area contributed by atoms with Crippen LogP contribution < -0.4 is 10.2 Å². The molecule has 1 heterocycles. The minimum atomic E-state index is -0.588. The molecule has 1 fully saturated rings. The lowest BCUT2D eigenvalue weighted by Gasteiger charge is -2.40. The summed E-state index contributed by atoms with van der Waals surface area (Å²) in [5, 5.41) is 3.33. The van der Waals surface area contributed by atoms with Crippen LogP contribution in [0.15, 0.2) is 18.2 Å². The molecule has 0 spiro atoms. The summed E-state index contributed by atoms with van der Waals surface area (Å²) in [5.41, 5.74) is 0.476. The maximum Gasteiger partial charge on any atom is 0.250 e. The predicted molar refractivity (Wildman–Crippen MR) is 80.2 cm³/mol. The third kappa shape index (κ3) is 2.50. The number of nitrogens with one attached hydrogen (secondary N) is 1. The number of nitrogens with zero attached hydrogens (tertiary/aromatic N) is 1.